The fourth-order valence-corrected chi connectivity index (χ4v) is 1.57. The zero-order valence-corrected chi connectivity index (χ0v) is 11.0. The molecule has 0 aromatic heterocycles. The minimum atomic E-state index is -4.05. The number of hydrogen-bond donors (Lipinski definition) is 0. The van der Waals surface area contributed by atoms with E-state index in [0.717, 1.165) is 12.8 Å². The number of hydrogen-bond acceptors (Lipinski definition) is 3. The van der Waals surface area contributed by atoms with Crippen LogP contribution in [0.1, 0.15) is 40.5 Å². The van der Waals surface area contributed by atoms with E-state index in [2.05, 4.69) is 0 Å². The average Bonchev–Trinajstić information content (AvgIpc) is 2.01. The van der Waals surface area contributed by atoms with Crippen molar-refractivity contribution in [1.82, 2.24) is 0 Å². The summed E-state index contributed by atoms with van der Waals surface area (Å²) in [6.45, 7) is 8.47. The van der Waals surface area contributed by atoms with Crippen molar-refractivity contribution >= 4 is 7.82 Å². The van der Waals surface area contributed by atoms with Crippen LogP contribution in [0.4, 0.5) is 0 Å². The van der Waals surface area contributed by atoms with Crippen LogP contribution in [-0.2, 0) is 18.5 Å². The highest BCUT2D eigenvalue weighted by atomic mass is 31.2. The summed E-state index contributed by atoms with van der Waals surface area (Å²) in [5.74, 6) is 0.862. The van der Waals surface area contributed by atoms with Crippen molar-refractivity contribution in [3.05, 3.63) is 0 Å². The summed E-state index contributed by atoms with van der Waals surface area (Å²) in [5, 5.41) is 0. The van der Waals surface area contributed by atoms with Crippen molar-refractivity contribution in [2.45, 2.75) is 40.5 Å². The first-order valence-electron chi connectivity index (χ1n) is 5.43. The highest BCUT2D eigenvalue weighted by molar-refractivity contribution is 7.47. The van der Waals surface area contributed by atoms with E-state index < -0.39 is 7.82 Å². The van der Waals surface area contributed by atoms with Gasteiger partial charge < -0.3 is 0 Å². The smallest absolute Gasteiger partial charge is 0.285 e. The molecule has 0 aromatic rings. The molecule has 0 rings (SSSR count). The summed E-state index contributed by atoms with van der Waals surface area (Å²) in [4.78, 5) is 11.2. The third-order valence-corrected chi connectivity index (χ3v) is 2.89. The Balaban J connectivity index is 3.63. The van der Waals surface area contributed by atoms with Crippen LogP contribution in [0, 0.1) is 11.8 Å². The minimum Gasteiger partial charge on any atom is -0.285 e. The predicted molar refractivity (Wildman–Crippen MR) is 59.1 cm³/mol. The fraction of sp³-hybridized carbons (Fsp3) is 1.00. The van der Waals surface area contributed by atoms with Gasteiger partial charge in [-0.05, 0) is 24.7 Å². The van der Waals surface area contributed by atoms with Crippen molar-refractivity contribution in [3.8, 4) is 0 Å². The van der Waals surface area contributed by atoms with Gasteiger partial charge in [0.05, 0.1) is 13.2 Å². The Hall–Kier alpha value is 0.110. The Morgan fingerprint density at radius 2 is 1.27 bits per heavy atom. The molecular formula is C10H22O4P. The second-order valence-corrected chi connectivity index (χ2v) is 5.89. The molecule has 0 saturated heterocycles. The maximum atomic E-state index is 11.2. The van der Waals surface area contributed by atoms with Gasteiger partial charge in [0.15, 0.2) is 0 Å². The molecule has 91 valence electrons. The third kappa shape index (κ3) is 10.4. The molecule has 0 heterocycles. The highest BCUT2D eigenvalue weighted by Gasteiger charge is 2.23. The van der Waals surface area contributed by atoms with Crippen LogP contribution in [0.3, 0.4) is 0 Å². The van der Waals surface area contributed by atoms with E-state index in [1.807, 2.05) is 27.7 Å². The third-order valence-electron chi connectivity index (χ3n) is 1.89. The first kappa shape index (κ1) is 15.1. The van der Waals surface area contributed by atoms with Crippen molar-refractivity contribution in [2.24, 2.45) is 11.8 Å². The quantitative estimate of drug-likeness (QED) is 0.605. The Kier molecular flexibility index (Phi) is 7.45. The Bertz CT molecular complexity index is 186. The topological polar surface area (TPSA) is 55.4 Å². The summed E-state index contributed by atoms with van der Waals surface area (Å²) >= 11 is 0. The van der Waals surface area contributed by atoms with Gasteiger partial charge in [-0.25, -0.2) is 4.57 Å². The number of rotatable bonds is 8. The molecule has 0 aromatic carbocycles. The molecule has 0 atom stereocenters. The highest BCUT2D eigenvalue weighted by Crippen LogP contribution is 2.44. The van der Waals surface area contributed by atoms with E-state index in [4.69, 9.17) is 9.05 Å². The van der Waals surface area contributed by atoms with Gasteiger partial charge in [-0.2, -0.15) is 0 Å². The van der Waals surface area contributed by atoms with Gasteiger partial charge in [0, 0.05) is 0 Å². The van der Waals surface area contributed by atoms with Gasteiger partial charge in [0.25, 0.3) is 0 Å². The van der Waals surface area contributed by atoms with E-state index in [1.165, 1.54) is 0 Å². The molecule has 0 N–H and O–H groups in total. The van der Waals surface area contributed by atoms with Crippen LogP contribution in [0.5, 0.6) is 0 Å². The van der Waals surface area contributed by atoms with Crippen LogP contribution in [-0.4, -0.2) is 13.2 Å². The van der Waals surface area contributed by atoms with Crippen LogP contribution in [0.2, 0.25) is 0 Å². The zero-order chi connectivity index (χ0) is 11.9. The lowest BCUT2D eigenvalue weighted by atomic mass is 10.2. The summed E-state index contributed by atoms with van der Waals surface area (Å²) in [6.07, 6.45) is 1.44. The van der Waals surface area contributed by atoms with Gasteiger partial charge >= 0.3 is 7.82 Å². The molecule has 0 aliphatic rings. The fourth-order valence-electron chi connectivity index (χ4n) is 0.838. The van der Waals surface area contributed by atoms with E-state index >= 15 is 0 Å². The maximum absolute atomic E-state index is 11.2. The summed E-state index contributed by atoms with van der Waals surface area (Å²) in [6, 6.07) is 0. The molecule has 0 fully saturated rings. The SMILES string of the molecule is CC(C)CCOP([O])(=O)OCCC(C)C. The molecule has 1 radical (unpaired) electrons. The molecule has 0 bridgehead atoms. The molecule has 5 heteroatoms. The van der Waals surface area contributed by atoms with Gasteiger partial charge in [0.1, 0.15) is 0 Å². The van der Waals surface area contributed by atoms with Crippen molar-refractivity contribution in [3.63, 3.8) is 0 Å². The Morgan fingerprint density at radius 1 is 0.933 bits per heavy atom. The summed E-state index contributed by atoms with van der Waals surface area (Å²) < 4.78 is 20.6. The van der Waals surface area contributed by atoms with Crippen molar-refractivity contribution in [1.29, 1.82) is 0 Å². The van der Waals surface area contributed by atoms with E-state index in [9.17, 15) is 9.46 Å². The van der Waals surface area contributed by atoms with Gasteiger partial charge in [0.2, 0.25) is 0 Å². The van der Waals surface area contributed by atoms with Crippen LogP contribution in [0.15, 0.2) is 0 Å². The van der Waals surface area contributed by atoms with Crippen LogP contribution < -0.4 is 0 Å². The average molecular weight is 237 g/mol. The van der Waals surface area contributed by atoms with Gasteiger partial charge in [-0.15, -0.1) is 4.89 Å². The molecule has 0 aliphatic heterocycles. The maximum Gasteiger partial charge on any atom is 0.502 e. The molecule has 0 aliphatic carbocycles. The minimum absolute atomic E-state index is 0.208. The summed E-state index contributed by atoms with van der Waals surface area (Å²) in [7, 11) is -4.05. The van der Waals surface area contributed by atoms with Crippen molar-refractivity contribution < 1.29 is 18.5 Å². The van der Waals surface area contributed by atoms with E-state index in [0.29, 0.717) is 11.8 Å². The monoisotopic (exact) mass is 237 g/mol. The first-order valence-corrected chi connectivity index (χ1v) is 6.89. The molecule has 0 spiro atoms. The van der Waals surface area contributed by atoms with E-state index in [1.54, 1.807) is 0 Å². The van der Waals surface area contributed by atoms with Crippen LogP contribution in [0.25, 0.3) is 0 Å². The second kappa shape index (κ2) is 7.39. The first-order chi connectivity index (χ1) is 6.83. The lowest BCUT2D eigenvalue weighted by Crippen LogP contribution is -2.02. The molecule has 15 heavy (non-hydrogen) atoms. The lowest BCUT2D eigenvalue weighted by Gasteiger charge is -2.12. The molecule has 0 unspecified atom stereocenters. The zero-order valence-electron chi connectivity index (χ0n) is 10.1. The Morgan fingerprint density at radius 3 is 1.53 bits per heavy atom. The Labute approximate surface area is 92.6 Å². The lowest BCUT2D eigenvalue weighted by molar-refractivity contribution is 0.119. The van der Waals surface area contributed by atoms with E-state index in [-0.39, 0.29) is 13.2 Å². The van der Waals surface area contributed by atoms with Crippen LogP contribution >= 0.6 is 7.82 Å². The predicted octanol–water partition coefficient (Wildman–Crippen LogP) is 3.65. The molecular weight excluding hydrogens is 215 g/mol. The molecule has 0 saturated carbocycles. The normalized spacial score (nSPS) is 12.7. The molecule has 4 nitrogen and oxygen atoms in total. The largest absolute Gasteiger partial charge is 0.502 e. The summed E-state index contributed by atoms with van der Waals surface area (Å²) in [5.41, 5.74) is 0. The van der Waals surface area contributed by atoms with Crippen molar-refractivity contribution in [2.75, 3.05) is 13.2 Å². The van der Waals surface area contributed by atoms with Gasteiger partial charge in [-0.1, -0.05) is 27.7 Å². The van der Waals surface area contributed by atoms with Gasteiger partial charge in [-0.3, -0.25) is 9.05 Å². The second-order valence-electron chi connectivity index (χ2n) is 4.48. The molecule has 0 amide bonds. The standard InChI is InChI=1S/C10H22O4P/c1-9(2)5-7-13-15(11,12)14-8-6-10(3)4/h9-10H,5-8H2,1-4H3.